The number of aryl methyl sites for hydroxylation is 1. The zero-order valence-corrected chi connectivity index (χ0v) is 19.5. The summed E-state index contributed by atoms with van der Waals surface area (Å²) in [5.74, 6) is -2.54. The van der Waals surface area contributed by atoms with Crippen molar-refractivity contribution in [2.45, 2.75) is 59.0 Å². The van der Waals surface area contributed by atoms with E-state index >= 15 is 0 Å². The van der Waals surface area contributed by atoms with Crippen LogP contribution in [-0.4, -0.2) is 30.5 Å². The van der Waals surface area contributed by atoms with Crippen molar-refractivity contribution in [2.75, 3.05) is 5.32 Å². The molecule has 0 atom stereocenters. The number of carboxylic acids is 2. The minimum absolute atomic E-state index is 0.151. The fourth-order valence-corrected chi connectivity index (χ4v) is 3.79. The molecular weight excluding hydrogens is 398 g/mol. The maximum absolute atomic E-state index is 11.6. The summed E-state index contributed by atoms with van der Waals surface area (Å²) in [5.41, 5.74) is 2.98. The molecule has 0 aliphatic heterocycles. The Morgan fingerprint density at radius 3 is 2.27 bits per heavy atom. The van der Waals surface area contributed by atoms with Gasteiger partial charge in [0.15, 0.2) is 8.32 Å². The maximum atomic E-state index is 11.6. The lowest BCUT2D eigenvalue weighted by Gasteiger charge is -2.36. The molecule has 6 nitrogen and oxygen atoms in total. The second-order valence-electron chi connectivity index (χ2n) is 9.00. The topological polar surface area (TPSA) is 95.9 Å². The van der Waals surface area contributed by atoms with Crippen LogP contribution in [0, 0.1) is 6.92 Å². The van der Waals surface area contributed by atoms with Gasteiger partial charge in [0.05, 0.1) is 17.7 Å². The van der Waals surface area contributed by atoms with Gasteiger partial charge in [0.1, 0.15) is 0 Å². The van der Waals surface area contributed by atoms with Gasteiger partial charge >= 0.3 is 11.9 Å². The second kappa shape index (κ2) is 9.02. The number of anilines is 1. The summed E-state index contributed by atoms with van der Waals surface area (Å²) in [7, 11) is -1.83. The van der Waals surface area contributed by atoms with Gasteiger partial charge in [-0.05, 0) is 53.9 Å². The third kappa shape index (κ3) is 5.49. The SMILES string of the molecule is Cc1cc(CO[Si](C)(C)C(C)(C)C)ccc1CNc1cccc(C(=O)O)c1C(=O)O. The van der Waals surface area contributed by atoms with Crippen LogP contribution in [0.25, 0.3) is 0 Å². The first kappa shape index (κ1) is 23.6. The molecular formula is C23H31NO5Si. The molecule has 7 heteroatoms. The zero-order valence-electron chi connectivity index (χ0n) is 18.5. The monoisotopic (exact) mass is 429 g/mol. The van der Waals surface area contributed by atoms with Crippen LogP contribution >= 0.6 is 0 Å². The van der Waals surface area contributed by atoms with Crippen molar-refractivity contribution in [1.29, 1.82) is 0 Å². The van der Waals surface area contributed by atoms with E-state index in [9.17, 15) is 19.8 Å². The number of hydrogen-bond donors (Lipinski definition) is 3. The quantitative estimate of drug-likeness (QED) is 0.478. The average Bonchev–Trinajstić information content (AvgIpc) is 2.64. The lowest BCUT2D eigenvalue weighted by molar-refractivity contribution is 0.0652. The van der Waals surface area contributed by atoms with Crippen molar-refractivity contribution in [1.82, 2.24) is 0 Å². The molecule has 0 heterocycles. The molecule has 0 amide bonds. The van der Waals surface area contributed by atoms with E-state index in [1.54, 1.807) is 6.07 Å². The Labute approximate surface area is 179 Å². The number of benzene rings is 2. The summed E-state index contributed by atoms with van der Waals surface area (Å²) in [5, 5.41) is 21.9. The smallest absolute Gasteiger partial charge is 0.338 e. The third-order valence-corrected chi connectivity index (χ3v) is 10.3. The third-order valence-electron chi connectivity index (χ3n) is 5.79. The molecule has 0 unspecified atom stereocenters. The van der Waals surface area contributed by atoms with Gasteiger partial charge in [0, 0.05) is 12.2 Å². The van der Waals surface area contributed by atoms with Gasteiger partial charge in [-0.1, -0.05) is 45.0 Å². The summed E-state index contributed by atoms with van der Waals surface area (Å²) in [6, 6.07) is 10.5. The zero-order chi connectivity index (χ0) is 22.7. The number of hydrogen-bond acceptors (Lipinski definition) is 4. The Morgan fingerprint density at radius 1 is 1.07 bits per heavy atom. The number of carboxylic acid groups (broad SMARTS) is 2. The van der Waals surface area contributed by atoms with E-state index in [4.69, 9.17) is 4.43 Å². The van der Waals surface area contributed by atoms with E-state index in [1.807, 2.05) is 19.1 Å². The lowest BCUT2D eigenvalue weighted by atomic mass is 10.0. The Balaban J connectivity index is 2.14. The molecule has 2 aromatic rings. The fraction of sp³-hybridized carbons (Fsp3) is 0.391. The normalized spacial score (nSPS) is 11.9. The number of nitrogens with one attached hydrogen (secondary N) is 1. The molecule has 0 fully saturated rings. The van der Waals surface area contributed by atoms with Gasteiger partial charge in [-0.25, -0.2) is 9.59 Å². The largest absolute Gasteiger partial charge is 0.478 e. The van der Waals surface area contributed by atoms with Crippen molar-refractivity contribution >= 4 is 25.9 Å². The predicted molar refractivity (Wildman–Crippen MR) is 121 cm³/mol. The van der Waals surface area contributed by atoms with Gasteiger partial charge < -0.3 is 20.0 Å². The second-order valence-corrected chi connectivity index (χ2v) is 13.8. The van der Waals surface area contributed by atoms with Gasteiger partial charge in [0.25, 0.3) is 0 Å². The summed E-state index contributed by atoms with van der Waals surface area (Å²) >= 11 is 0. The van der Waals surface area contributed by atoms with Gasteiger partial charge in [-0.3, -0.25) is 0 Å². The van der Waals surface area contributed by atoms with Crippen molar-refractivity contribution in [2.24, 2.45) is 0 Å². The van der Waals surface area contributed by atoms with Crippen LogP contribution in [0.1, 0.15) is 58.2 Å². The summed E-state index contributed by atoms with van der Waals surface area (Å²) < 4.78 is 6.28. The van der Waals surface area contributed by atoms with Gasteiger partial charge in [0.2, 0.25) is 0 Å². The maximum Gasteiger partial charge on any atom is 0.338 e. The van der Waals surface area contributed by atoms with Crippen LogP contribution in [0.5, 0.6) is 0 Å². The Kier molecular flexibility index (Phi) is 7.10. The van der Waals surface area contributed by atoms with Crippen molar-refractivity contribution in [3.63, 3.8) is 0 Å². The van der Waals surface area contributed by atoms with Crippen LogP contribution < -0.4 is 5.32 Å². The van der Waals surface area contributed by atoms with E-state index in [1.165, 1.54) is 12.1 Å². The van der Waals surface area contributed by atoms with E-state index in [-0.39, 0.29) is 21.9 Å². The van der Waals surface area contributed by atoms with Gasteiger partial charge in [-0.15, -0.1) is 0 Å². The van der Waals surface area contributed by atoms with Crippen molar-refractivity contribution in [3.8, 4) is 0 Å². The molecule has 0 saturated heterocycles. The Morgan fingerprint density at radius 2 is 1.73 bits per heavy atom. The standard InChI is InChI=1S/C23H31NO5Si/c1-15-12-16(14-29-30(5,6)23(2,3)4)10-11-17(15)13-24-19-9-7-8-18(21(25)26)20(19)22(27)28/h7-12,24H,13-14H2,1-6H3,(H,25,26)(H,27,28). The first-order valence-corrected chi connectivity index (χ1v) is 12.8. The van der Waals surface area contributed by atoms with E-state index in [2.05, 4.69) is 45.2 Å². The number of rotatable bonds is 8. The van der Waals surface area contributed by atoms with Gasteiger partial charge in [-0.2, -0.15) is 0 Å². The molecule has 0 radical (unpaired) electrons. The molecule has 162 valence electrons. The molecule has 0 saturated carbocycles. The predicted octanol–water partition coefficient (Wildman–Crippen LogP) is 5.53. The average molecular weight is 430 g/mol. The van der Waals surface area contributed by atoms with Crippen LogP contribution in [0.2, 0.25) is 18.1 Å². The van der Waals surface area contributed by atoms with Crippen LogP contribution in [0.4, 0.5) is 5.69 Å². The van der Waals surface area contributed by atoms with Crippen LogP contribution in [0.3, 0.4) is 0 Å². The molecule has 0 spiro atoms. The Hall–Kier alpha value is -2.64. The highest BCUT2D eigenvalue weighted by Gasteiger charge is 2.37. The summed E-state index contributed by atoms with van der Waals surface area (Å²) in [4.78, 5) is 22.9. The fourth-order valence-electron chi connectivity index (χ4n) is 2.83. The highest BCUT2D eigenvalue weighted by molar-refractivity contribution is 6.74. The molecule has 3 N–H and O–H groups in total. The molecule has 0 bridgehead atoms. The first-order chi connectivity index (χ1) is 13.8. The number of carbonyl (C=O) groups is 2. The Bertz CT molecular complexity index is 947. The molecule has 2 aromatic carbocycles. The first-order valence-electron chi connectivity index (χ1n) is 9.89. The number of aromatic carboxylic acids is 2. The van der Waals surface area contributed by atoms with Crippen LogP contribution in [-0.2, 0) is 17.6 Å². The minimum atomic E-state index is -1.83. The van der Waals surface area contributed by atoms with E-state index in [0.29, 0.717) is 13.2 Å². The summed E-state index contributed by atoms with van der Waals surface area (Å²) in [6.45, 7) is 14.0. The lowest BCUT2D eigenvalue weighted by Crippen LogP contribution is -2.40. The van der Waals surface area contributed by atoms with E-state index in [0.717, 1.165) is 16.7 Å². The van der Waals surface area contributed by atoms with Crippen molar-refractivity contribution < 1.29 is 24.2 Å². The van der Waals surface area contributed by atoms with Crippen LogP contribution in [0.15, 0.2) is 36.4 Å². The van der Waals surface area contributed by atoms with Crippen molar-refractivity contribution in [3.05, 3.63) is 64.2 Å². The van der Waals surface area contributed by atoms with E-state index < -0.39 is 20.3 Å². The molecule has 30 heavy (non-hydrogen) atoms. The molecule has 2 rings (SSSR count). The minimum Gasteiger partial charge on any atom is -0.478 e. The summed E-state index contributed by atoms with van der Waals surface area (Å²) in [6.07, 6.45) is 0. The highest BCUT2D eigenvalue weighted by atomic mass is 28.4. The molecule has 0 aromatic heterocycles. The highest BCUT2D eigenvalue weighted by Crippen LogP contribution is 2.37. The molecule has 0 aliphatic rings. The molecule has 0 aliphatic carbocycles.